The Bertz CT molecular complexity index is 847. The number of carboxylic acids is 1. The minimum atomic E-state index is -5.11. The van der Waals surface area contributed by atoms with Crippen molar-refractivity contribution in [2.45, 2.75) is 6.18 Å². The number of nitrogens with one attached hydrogen (secondary N) is 1. The monoisotopic (exact) mass is 339 g/mol. The summed E-state index contributed by atoms with van der Waals surface area (Å²) in [5, 5.41) is 10.8. The molecule has 124 valence electrons. The van der Waals surface area contributed by atoms with E-state index < -0.39 is 23.6 Å². The van der Waals surface area contributed by atoms with Crippen LogP contribution in [0.15, 0.2) is 36.4 Å². The van der Waals surface area contributed by atoms with E-state index in [4.69, 9.17) is 9.47 Å². The van der Waals surface area contributed by atoms with Crippen molar-refractivity contribution in [1.82, 2.24) is 0 Å². The van der Waals surface area contributed by atoms with E-state index in [-0.39, 0.29) is 28.7 Å². The van der Waals surface area contributed by atoms with Crippen LogP contribution >= 0.6 is 0 Å². The van der Waals surface area contributed by atoms with E-state index in [2.05, 4.69) is 0 Å². The lowest BCUT2D eigenvalue weighted by Crippen LogP contribution is -2.30. The minimum absolute atomic E-state index is 0.119. The predicted octanol–water partition coefficient (Wildman–Crippen LogP) is 3.78. The molecule has 0 spiro atoms. The summed E-state index contributed by atoms with van der Waals surface area (Å²) in [5.74, 6) is -3.43. The van der Waals surface area contributed by atoms with Gasteiger partial charge in [-0.1, -0.05) is 12.1 Å². The molecule has 1 aliphatic heterocycles. The first-order valence-electron chi connectivity index (χ1n) is 6.50. The molecule has 6 nitrogen and oxygen atoms in total. The van der Waals surface area contributed by atoms with Gasteiger partial charge in [-0.3, -0.25) is 4.79 Å². The van der Waals surface area contributed by atoms with Gasteiger partial charge < -0.3 is 19.9 Å². The zero-order chi connectivity index (χ0) is 17.5. The zero-order valence-corrected chi connectivity index (χ0v) is 11.7. The highest BCUT2D eigenvalue weighted by molar-refractivity contribution is 5.99. The lowest BCUT2D eigenvalue weighted by atomic mass is 10.1. The summed E-state index contributed by atoms with van der Waals surface area (Å²) in [7, 11) is 0. The molecule has 2 aromatic rings. The maximum atomic E-state index is 12.3. The van der Waals surface area contributed by atoms with Crippen molar-refractivity contribution < 1.29 is 37.3 Å². The van der Waals surface area contributed by atoms with Crippen LogP contribution in [0.25, 0.3) is 0 Å². The topological polar surface area (TPSA) is 84.9 Å². The first kappa shape index (κ1) is 15.7. The Kier molecular flexibility index (Phi) is 3.55. The number of rotatable bonds is 2. The van der Waals surface area contributed by atoms with Crippen molar-refractivity contribution >= 4 is 17.6 Å². The third-order valence-electron chi connectivity index (χ3n) is 3.08. The Morgan fingerprint density at radius 3 is 2.21 bits per heavy atom. The van der Waals surface area contributed by atoms with E-state index in [0.29, 0.717) is 0 Å². The van der Waals surface area contributed by atoms with Gasteiger partial charge in [0, 0.05) is 11.8 Å². The van der Waals surface area contributed by atoms with Gasteiger partial charge in [0.1, 0.15) is 5.56 Å². The summed E-state index contributed by atoms with van der Waals surface area (Å²) in [6.07, 6.45) is -5.11. The van der Waals surface area contributed by atoms with E-state index >= 15 is 0 Å². The molecule has 0 aliphatic carbocycles. The van der Waals surface area contributed by atoms with Crippen LogP contribution in [0.2, 0.25) is 0 Å². The number of amides is 1. The third kappa shape index (κ3) is 2.83. The summed E-state index contributed by atoms with van der Waals surface area (Å²) in [6, 6.07) is 8.29. The number of benzene rings is 2. The number of hydrogen-bond acceptors (Lipinski definition) is 4. The standard InChI is InChI=1S/C15H8F3NO5/c16-15(17,18)14(22)19-7-5-8(13(20)21)12-11(6-7)23-9-3-1-2-4-10(9)24-12/h1-6H,(H,19,22)(H,20,21). The molecular weight excluding hydrogens is 331 g/mol. The molecule has 9 heteroatoms. The van der Waals surface area contributed by atoms with Gasteiger partial charge in [-0.2, -0.15) is 13.2 Å². The zero-order valence-electron chi connectivity index (χ0n) is 11.7. The molecule has 0 unspecified atom stereocenters. The average Bonchev–Trinajstić information content (AvgIpc) is 2.51. The summed E-state index contributed by atoms with van der Waals surface area (Å²) in [5.41, 5.74) is -0.823. The molecule has 0 atom stereocenters. The number of carboxylic acid groups (broad SMARTS) is 1. The second-order valence-electron chi connectivity index (χ2n) is 4.76. The Morgan fingerprint density at radius 1 is 1.00 bits per heavy atom. The van der Waals surface area contributed by atoms with Crippen molar-refractivity contribution in [2.75, 3.05) is 5.32 Å². The number of aromatic carboxylic acids is 1. The predicted molar refractivity (Wildman–Crippen MR) is 74.7 cm³/mol. The van der Waals surface area contributed by atoms with Crippen LogP contribution in [0.3, 0.4) is 0 Å². The number of ether oxygens (including phenoxy) is 2. The summed E-state index contributed by atoms with van der Waals surface area (Å²) in [4.78, 5) is 22.4. The second-order valence-corrected chi connectivity index (χ2v) is 4.76. The largest absolute Gasteiger partial charge is 0.478 e. The van der Waals surface area contributed by atoms with E-state index in [1.165, 1.54) is 0 Å². The fourth-order valence-corrected chi connectivity index (χ4v) is 2.06. The molecule has 1 aliphatic rings. The number of carbonyl (C=O) groups is 2. The highest BCUT2D eigenvalue weighted by Gasteiger charge is 2.39. The van der Waals surface area contributed by atoms with E-state index in [1.54, 1.807) is 29.6 Å². The molecule has 0 fully saturated rings. The number of para-hydroxylation sites is 2. The molecule has 3 rings (SSSR count). The highest BCUT2D eigenvalue weighted by Crippen LogP contribution is 2.48. The molecule has 0 saturated heterocycles. The van der Waals surface area contributed by atoms with Crippen LogP contribution in [0.5, 0.6) is 23.0 Å². The van der Waals surface area contributed by atoms with Gasteiger partial charge >= 0.3 is 18.1 Å². The fourth-order valence-electron chi connectivity index (χ4n) is 2.06. The first-order valence-corrected chi connectivity index (χ1v) is 6.50. The van der Waals surface area contributed by atoms with Crippen molar-refractivity contribution in [1.29, 1.82) is 0 Å². The molecule has 2 N–H and O–H groups in total. The summed E-state index contributed by atoms with van der Waals surface area (Å²) in [6.45, 7) is 0. The lowest BCUT2D eigenvalue weighted by molar-refractivity contribution is -0.167. The number of carbonyl (C=O) groups excluding carboxylic acids is 1. The third-order valence-corrected chi connectivity index (χ3v) is 3.08. The number of fused-ring (bicyclic) bond motifs is 2. The molecular formula is C15H8F3NO5. The van der Waals surface area contributed by atoms with Gasteiger partial charge in [0.2, 0.25) is 0 Å². The second kappa shape index (κ2) is 5.44. The number of halogens is 3. The van der Waals surface area contributed by atoms with Gasteiger partial charge in [-0.25, -0.2) is 4.79 Å². The molecule has 0 bridgehead atoms. The molecule has 1 heterocycles. The molecule has 0 radical (unpaired) electrons. The SMILES string of the molecule is O=C(O)c1cc(NC(=O)C(F)(F)F)cc2c1Oc1ccccc1O2. The summed E-state index contributed by atoms with van der Waals surface area (Å²) >= 11 is 0. The highest BCUT2D eigenvalue weighted by atomic mass is 19.4. The van der Waals surface area contributed by atoms with Crippen LogP contribution in [0.4, 0.5) is 18.9 Å². The minimum Gasteiger partial charge on any atom is -0.478 e. The van der Waals surface area contributed by atoms with Gasteiger partial charge in [0.15, 0.2) is 23.0 Å². The number of alkyl halides is 3. The molecule has 2 aromatic carbocycles. The first-order chi connectivity index (χ1) is 11.3. The normalized spacial score (nSPS) is 12.3. The van der Waals surface area contributed by atoms with Gasteiger partial charge in [0.25, 0.3) is 0 Å². The number of hydrogen-bond donors (Lipinski definition) is 2. The Hall–Kier alpha value is -3.23. The van der Waals surface area contributed by atoms with Gasteiger partial charge in [-0.15, -0.1) is 0 Å². The van der Waals surface area contributed by atoms with Crippen LogP contribution in [0.1, 0.15) is 10.4 Å². The molecule has 0 aromatic heterocycles. The maximum Gasteiger partial charge on any atom is 0.471 e. The van der Waals surface area contributed by atoms with E-state index in [1.807, 2.05) is 0 Å². The van der Waals surface area contributed by atoms with Crippen molar-refractivity contribution in [2.24, 2.45) is 0 Å². The molecule has 24 heavy (non-hydrogen) atoms. The quantitative estimate of drug-likeness (QED) is 0.742. The van der Waals surface area contributed by atoms with Crippen molar-refractivity contribution in [3.63, 3.8) is 0 Å². The fraction of sp³-hybridized carbons (Fsp3) is 0.0667. The van der Waals surface area contributed by atoms with Crippen molar-refractivity contribution in [3.05, 3.63) is 42.0 Å². The Labute approximate surface area is 132 Å². The number of anilines is 1. The van der Waals surface area contributed by atoms with Crippen LogP contribution < -0.4 is 14.8 Å². The van der Waals surface area contributed by atoms with E-state index in [9.17, 15) is 27.9 Å². The van der Waals surface area contributed by atoms with Crippen LogP contribution in [-0.4, -0.2) is 23.2 Å². The maximum absolute atomic E-state index is 12.3. The van der Waals surface area contributed by atoms with E-state index in [0.717, 1.165) is 12.1 Å². The smallest absolute Gasteiger partial charge is 0.471 e. The van der Waals surface area contributed by atoms with Gasteiger partial charge in [0.05, 0.1) is 0 Å². The molecule has 1 amide bonds. The van der Waals surface area contributed by atoms with Crippen LogP contribution in [-0.2, 0) is 4.79 Å². The average molecular weight is 339 g/mol. The lowest BCUT2D eigenvalue weighted by Gasteiger charge is -2.22. The Balaban J connectivity index is 2.03. The molecule has 0 saturated carbocycles. The summed E-state index contributed by atoms with van der Waals surface area (Å²) < 4.78 is 47.9. The van der Waals surface area contributed by atoms with Gasteiger partial charge in [-0.05, 0) is 18.2 Å². The van der Waals surface area contributed by atoms with Crippen molar-refractivity contribution in [3.8, 4) is 23.0 Å². The van der Waals surface area contributed by atoms with Crippen LogP contribution in [0, 0.1) is 0 Å². The Morgan fingerprint density at radius 2 is 1.62 bits per heavy atom.